The Bertz CT molecular complexity index is 224. The summed E-state index contributed by atoms with van der Waals surface area (Å²) >= 11 is 0. The summed E-state index contributed by atoms with van der Waals surface area (Å²) in [7, 11) is 5.96. The van der Waals surface area contributed by atoms with Gasteiger partial charge in [-0.15, -0.1) is 0 Å². The number of hydrogen-bond acceptors (Lipinski definition) is 3. The highest BCUT2D eigenvalue weighted by atomic mass is 16.5. The summed E-state index contributed by atoms with van der Waals surface area (Å²) in [6.07, 6.45) is -0.445. The summed E-state index contributed by atoms with van der Waals surface area (Å²) in [5, 5.41) is 8.90. The predicted molar refractivity (Wildman–Crippen MR) is 63.1 cm³/mol. The monoisotopic (exact) mass is 233 g/mol. The Labute approximate surface area is 97.8 Å². The third kappa shape index (κ3) is 6.76. The van der Waals surface area contributed by atoms with Crippen LogP contribution in [0.25, 0.3) is 0 Å². The van der Waals surface area contributed by atoms with Gasteiger partial charge in [-0.3, -0.25) is 4.79 Å². The Balaban J connectivity index is 4.44. The van der Waals surface area contributed by atoms with Gasteiger partial charge in [-0.2, -0.15) is 0 Å². The zero-order valence-electron chi connectivity index (χ0n) is 10.9. The molecule has 0 aromatic carbocycles. The first-order valence-corrected chi connectivity index (χ1v) is 5.54. The van der Waals surface area contributed by atoms with Gasteiger partial charge >= 0.3 is 5.97 Å². The van der Waals surface area contributed by atoms with E-state index in [0.717, 1.165) is 0 Å². The van der Waals surface area contributed by atoms with Crippen LogP contribution in [0.5, 0.6) is 0 Å². The van der Waals surface area contributed by atoms with E-state index in [2.05, 4.69) is 0 Å². The molecule has 16 heavy (non-hydrogen) atoms. The summed E-state index contributed by atoms with van der Waals surface area (Å²) in [5.74, 6) is -0.641. The number of carbonyl (C=O) groups is 1. The van der Waals surface area contributed by atoms with Gasteiger partial charge < -0.3 is 20.1 Å². The van der Waals surface area contributed by atoms with Crippen molar-refractivity contribution in [3.63, 3.8) is 0 Å². The number of quaternary nitrogens is 1. The van der Waals surface area contributed by atoms with Crippen molar-refractivity contribution in [2.75, 3.05) is 34.3 Å². The summed E-state index contributed by atoms with van der Waals surface area (Å²) in [6.45, 7) is 5.16. The lowest BCUT2D eigenvalue weighted by atomic mass is 10.1. The van der Waals surface area contributed by atoms with Crippen LogP contribution in [0.3, 0.4) is 0 Å². The molecule has 0 spiro atoms. The molecule has 0 aromatic rings. The van der Waals surface area contributed by atoms with Gasteiger partial charge in [0, 0.05) is 6.61 Å². The number of nitrogens with zero attached hydrogens (tertiary/aromatic N) is 1. The minimum Gasteiger partial charge on any atom is -0.480 e. The number of hydrogen-bond donors (Lipinski definition) is 2. The molecule has 0 heterocycles. The van der Waals surface area contributed by atoms with E-state index in [-0.39, 0.29) is 0 Å². The fourth-order valence-corrected chi connectivity index (χ4v) is 1.28. The molecule has 5 nitrogen and oxygen atoms in total. The van der Waals surface area contributed by atoms with Gasteiger partial charge in [-0.1, -0.05) is 13.8 Å². The van der Waals surface area contributed by atoms with Gasteiger partial charge in [0.25, 0.3) is 0 Å². The van der Waals surface area contributed by atoms with E-state index in [0.29, 0.717) is 23.6 Å². The van der Waals surface area contributed by atoms with Gasteiger partial charge in [0.2, 0.25) is 0 Å². The second-order valence-electron chi connectivity index (χ2n) is 5.60. The molecule has 3 N–H and O–H groups in total. The molecule has 0 aliphatic carbocycles. The summed E-state index contributed by atoms with van der Waals surface area (Å²) < 4.78 is 6.21. The van der Waals surface area contributed by atoms with Crippen LogP contribution >= 0.6 is 0 Å². The van der Waals surface area contributed by atoms with Gasteiger partial charge in [0.05, 0.1) is 21.1 Å². The van der Waals surface area contributed by atoms with Crippen LogP contribution in [0.2, 0.25) is 0 Å². The summed E-state index contributed by atoms with van der Waals surface area (Å²) in [4.78, 5) is 10.9. The molecule has 0 aliphatic rings. The molecule has 0 radical (unpaired) electrons. The van der Waals surface area contributed by atoms with Crippen LogP contribution in [-0.2, 0) is 9.53 Å². The maximum absolute atomic E-state index is 10.9. The molecule has 2 atom stereocenters. The fraction of sp³-hybridized carbons (Fsp3) is 0.909. The standard InChI is InChI=1S/C11H24N2O3/c1-8(2)7-16-9(6-13(3,4)5)10(12)11(14)15/h8-10H,6-7,12H2,1-5H3/p+1. The number of carboxylic acid groups (broad SMARTS) is 1. The second kappa shape index (κ2) is 6.18. The number of carboxylic acids is 1. The normalized spacial score (nSPS) is 16.2. The maximum Gasteiger partial charge on any atom is 0.323 e. The molecule has 2 unspecified atom stereocenters. The smallest absolute Gasteiger partial charge is 0.323 e. The topological polar surface area (TPSA) is 72.5 Å². The number of rotatable bonds is 7. The van der Waals surface area contributed by atoms with E-state index in [1.165, 1.54) is 0 Å². The highest BCUT2D eigenvalue weighted by Crippen LogP contribution is 2.06. The lowest BCUT2D eigenvalue weighted by Gasteiger charge is -2.31. The van der Waals surface area contributed by atoms with E-state index in [1.807, 2.05) is 35.0 Å². The lowest BCUT2D eigenvalue weighted by Crippen LogP contribution is -2.53. The zero-order valence-corrected chi connectivity index (χ0v) is 10.9. The van der Waals surface area contributed by atoms with E-state index in [1.54, 1.807) is 0 Å². The maximum atomic E-state index is 10.9. The molecule has 0 fully saturated rings. The summed E-state index contributed by atoms with van der Waals surface area (Å²) in [5.41, 5.74) is 5.62. The highest BCUT2D eigenvalue weighted by Gasteiger charge is 2.30. The van der Waals surface area contributed by atoms with Crippen molar-refractivity contribution in [1.29, 1.82) is 0 Å². The van der Waals surface area contributed by atoms with E-state index in [9.17, 15) is 4.79 Å². The molecule has 0 saturated carbocycles. The van der Waals surface area contributed by atoms with Crippen LogP contribution in [0.15, 0.2) is 0 Å². The molecule has 0 amide bonds. The van der Waals surface area contributed by atoms with E-state index in [4.69, 9.17) is 15.6 Å². The van der Waals surface area contributed by atoms with Crippen LogP contribution in [0.4, 0.5) is 0 Å². The Morgan fingerprint density at radius 1 is 1.38 bits per heavy atom. The predicted octanol–water partition coefficient (Wildman–Crippen LogP) is 0.146. The van der Waals surface area contributed by atoms with Crippen molar-refractivity contribution >= 4 is 5.97 Å². The minimum absolute atomic E-state index is 0.371. The first-order valence-electron chi connectivity index (χ1n) is 5.54. The molecule has 5 heteroatoms. The Kier molecular flexibility index (Phi) is 5.92. The SMILES string of the molecule is CC(C)COC(C[N+](C)(C)C)C(N)C(=O)O. The number of nitrogens with two attached hydrogens (primary N) is 1. The van der Waals surface area contributed by atoms with Gasteiger partial charge in [-0.05, 0) is 5.92 Å². The summed E-state index contributed by atoms with van der Waals surface area (Å²) in [6, 6.07) is -0.962. The molecule has 0 aromatic heterocycles. The van der Waals surface area contributed by atoms with Crippen LogP contribution in [0, 0.1) is 5.92 Å². The largest absolute Gasteiger partial charge is 0.480 e. The van der Waals surface area contributed by atoms with E-state index >= 15 is 0 Å². The molecular formula is C11H25N2O3+. The van der Waals surface area contributed by atoms with E-state index < -0.39 is 18.1 Å². The van der Waals surface area contributed by atoms with Crippen molar-refractivity contribution in [1.82, 2.24) is 0 Å². The van der Waals surface area contributed by atoms with Gasteiger partial charge in [0.15, 0.2) is 0 Å². The second-order valence-corrected chi connectivity index (χ2v) is 5.60. The van der Waals surface area contributed by atoms with Crippen LogP contribution < -0.4 is 5.73 Å². The Morgan fingerprint density at radius 3 is 2.19 bits per heavy atom. The first kappa shape index (κ1) is 15.3. The average molecular weight is 233 g/mol. The van der Waals surface area contributed by atoms with Crippen LogP contribution in [-0.4, -0.2) is 62.0 Å². The fourth-order valence-electron chi connectivity index (χ4n) is 1.28. The Hall–Kier alpha value is -0.650. The lowest BCUT2D eigenvalue weighted by molar-refractivity contribution is -0.873. The molecule has 0 bridgehead atoms. The van der Waals surface area contributed by atoms with Crippen molar-refractivity contribution < 1.29 is 19.1 Å². The number of aliphatic carboxylic acids is 1. The molecule has 0 aliphatic heterocycles. The number of ether oxygens (including phenoxy) is 1. The Morgan fingerprint density at radius 2 is 1.88 bits per heavy atom. The average Bonchev–Trinajstić information content (AvgIpc) is 2.08. The third-order valence-corrected chi connectivity index (χ3v) is 2.06. The van der Waals surface area contributed by atoms with Crippen LogP contribution in [0.1, 0.15) is 13.8 Å². The van der Waals surface area contributed by atoms with Crippen molar-refractivity contribution in [3.8, 4) is 0 Å². The molecule has 96 valence electrons. The molecule has 0 saturated heterocycles. The molecule has 0 rings (SSSR count). The van der Waals surface area contributed by atoms with Gasteiger partial charge in [0.1, 0.15) is 18.7 Å². The van der Waals surface area contributed by atoms with Crippen molar-refractivity contribution in [2.24, 2.45) is 11.7 Å². The first-order chi connectivity index (χ1) is 7.13. The zero-order chi connectivity index (χ0) is 12.9. The third-order valence-electron chi connectivity index (χ3n) is 2.06. The molecular weight excluding hydrogens is 208 g/mol. The van der Waals surface area contributed by atoms with Crippen molar-refractivity contribution in [2.45, 2.75) is 26.0 Å². The quantitative estimate of drug-likeness (QED) is 0.614. The van der Waals surface area contributed by atoms with Crippen molar-refractivity contribution in [3.05, 3.63) is 0 Å². The minimum atomic E-state index is -1.01. The number of likely N-dealkylation sites (N-methyl/N-ethyl adjacent to an activating group) is 1. The highest BCUT2D eigenvalue weighted by molar-refractivity contribution is 5.73. The van der Waals surface area contributed by atoms with Gasteiger partial charge in [-0.25, -0.2) is 0 Å².